The molecular weight excluding hydrogens is 206 g/mol. The number of anilines is 1. The first-order chi connectivity index (χ1) is 7.70. The van der Waals surface area contributed by atoms with Crippen LogP contribution in [0.3, 0.4) is 0 Å². The molecule has 0 saturated carbocycles. The highest BCUT2D eigenvalue weighted by molar-refractivity contribution is 5.92. The number of rotatable bonds is 2. The van der Waals surface area contributed by atoms with E-state index in [1.807, 2.05) is 0 Å². The third-order valence-corrected chi connectivity index (χ3v) is 2.82. The average molecular weight is 221 g/mol. The summed E-state index contributed by atoms with van der Waals surface area (Å²) in [5.74, 6) is 0.442. The van der Waals surface area contributed by atoms with Crippen LogP contribution in [0.1, 0.15) is 16.9 Å². The second-order valence-electron chi connectivity index (χ2n) is 4.04. The number of hydrogen-bond donors (Lipinski definition) is 2. The summed E-state index contributed by atoms with van der Waals surface area (Å²) >= 11 is 0. The SMILES string of the molecule is Nc1cccc(C(=O)N2CCC(CO)C2)n1. The quantitative estimate of drug-likeness (QED) is 0.743. The Hall–Kier alpha value is -1.62. The normalized spacial score (nSPS) is 20.1. The molecule has 1 unspecified atom stereocenters. The van der Waals surface area contributed by atoms with Gasteiger partial charge in [-0.1, -0.05) is 6.07 Å². The second-order valence-corrected chi connectivity index (χ2v) is 4.04. The zero-order chi connectivity index (χ0) is 11.5. The van der Waals surface area contributed by atoms with E-state index in [0.29, 0.717) is 24.6 Å². The second kappa shape index (κ2) is 4.49. The number of nitrogens with zero attached hydrogens (tertiary/aromatic N) is 2. The molecule has 1 amide bonds. The number of amides is 1. The number of aromatic nitrogens is 1. The Morgan fingerprint density at radius 2 is 2.44 bits per heavy atom. The van der Waals surface area contributed by atoms with Gasteiger partial charge in [0.15, 0.2) is 0 Å². The summed E-state index contributed by atoms with van der Waals surface area (Å²) in [7, 11) is 0. The lowest BCUT2D eigenvalue weighted by Gasteiger charge is -2.15. The smallest absolute Gasteiger partial charge is 0.272 e. The first kappa shape index (κ1) is 10.9. The number of carbonyl (C=O) groups is 1. The van der Waals surface area contributed by atoms with Crippen molar-refractivity contribution in [2.45, 2.75) is 6.42 Å². The molecular formula is C11H15N3O2. The monoisotopic (exact) mass is 221 g/mol. The summed E-state index contributed by atoms with van der Waals surface area (Å²) in [6, 6.07) is 5.03. The predicted molar refractivity (Wildman–Crippen MR) is 59.7 cm³/mol. The fourth-order valence-corrected chi connectivity index (χ4v) is 1.90. The number of likely N-dealkylation sites (tertiary alicyclic amines) is 1. The summed E-state index contributed by atoms with van der Waals surface area (Å²) in [4.78, 5) is 17.7. The highest BCUT2D eigenvalue weighted by Crippen LogP contribution is 2.17. The van der Waals surface area contributed by atoms with Crippen LogP contribution in [0.2, 0.25) is 0 Å². The van der Waals surface area contributed by atoms with Crippen molar-refractivity contribution >= 4 is 11.7 Å². The largest absolute Gasteiger partial charge is 0.396 e. The lowest BCUT2D eigenvalue weighted by atomic mass is 10.1. The molecule has 1 aliphatic heterocycles. The number of carbonyl (C=O) groups excluding carboxylic acids is 1. The molecule has 0 radical (unpaired) electrons. The summed E-state index contributed by atoms with van der Waals surface area (Å²) in [5.41, 5.74) is 5.90. The predicted octanol–water partition coefficient (Wildman–Crippen LogP) is 0.118. The van der Waals surface area contributed by atoms with E-state index < -0.39 is 0 Å². The maximum atomic E-state index is 12.0. The molecule has 0 aliphatic carbocycles. The highest BCUT2D eigenvalue weighted by atomic mass is 16.3. The number of nitrogens with two attached hydrogens (primary N) is 1. The van der Waals surface area contributed by atoms with E-state index in [4.69, 9.17) is 10.8 Å². The molecule has 16 heavy (non-hydrogen) atoms. The molecule has 2 heterocycles. The zero-order valence-corrected chi connectivity index (χ0v) is 8.97. The van der Waals surface area contributed by atoms with Gasteiger partial charge in [-0.3, -0.25) is 4.79 Å². The van der Waals surface area contributed by atoms with Crippen molar-refractivity contribution in [3.05, 3.63) is 23.9 Å². The molecule has 5 nitrogen and oxygen atoms in total. The van der Waals surface area contributed by atoms with Gasteiger partial charge in [-0.2, -0.15) is 0 Å². The molecule has 1 aliphatic rings. The topological polar surface area (TPSA) is 79.5 Å². The highest BCUT2D eigenvalue weighted by Gasteiger charge is 2.26. The fourth-order valence-electron chi connectivity index (χ4n) is 1.90. The molecule has 1 aromatic heterocycles. The van der Waals surface area contributed by atoms with Crippen LogP contribution >= 0.6 is 0 Å². The molecule has 1 aromatic rings. The molecule has 0 aromatic carbocycles. The van der Waals surface area contributed by atoms with E-state index >= 15 is 0 Å². The van der Waals surface area contributed by atoms with Gasteiger partial charge in [0.1, 0.15) is 11.5 Å². The fraction of sp³-hybridized carbons (Fsp3) is 0.455. The minimum absolute atomic E-state index is 0.108. The first-order valence-corrected chi connectivity index (χ1v) is 5.33. The molecule has 3 N–H and O–H groups in total. The Balaban J connectivity index is 2.08. The summed E-state index contributed by atoms with van der Waals surface area (Å²) in [6.45, 7) is 1.42. The Bertz CT molecular complexity index is 395. The van der Waals surface area contributed by atoms with Crippen LogP contribution in [0, 0.1) is 5.92 Å². The van der Waals surface area contributed by atoms with Crippen LogP contribution in [0.25, 0.3) is 0 Å². The van der Waals surface area contributed by atoms with Crippen molar-refractivity contribution in [2.75, 3.05) is 25.4 Å². The Morgan fingerprint density at radius 3 is 3.06 bits per heavy atom. The van der Waals surface area contributed by atoms with Crippen molar-refractivity contribution in [3.63, 3.8) is 0 Å². The van der Waals surface area contributed by atoms with E-state index in [1.54, 1.807) is 23.1 Å². The number of aliphatic hydroxyl groups is 1. The zero-order valence-electron chi connectivity index (χ0n) is 8.97. The van der Waals surface area contributed by atoms with E-state index in [9.17, 15) is 4.79 Å². The Labute approximate surface area is 93.9 Å². The summed E-state index contributed by atoms with van der Waals surface area (Å²) < 4.78 is 0. The summed E-state index contributed by atoms with van der Waals surface area (Å²) in [6.07, 6.45) is 0.852. The lowest BCUT2D eigenvalue weighted by Crippen LogP contribution is -2.29. The van der Waals surface area contributed by atoms with Crippen molar-refractivity contribution < 1.29 is 9.90 Å². The van der Waals surface area contributed by atoms with Gasteiger partial charge < -0.3 is 15.7 Å². The van der Waals surface area contributed by atoms with Gasteiger partial charge in [-0.15, -0.1) is 0 Å². The number of aliphatic hydroxyl groups excluding tert-OH is 1. The lowest BCUT2D eigenvalue weighted by molar-refractivity contribution is 0.0776. The van der Waals surface area contributed by atoms with E-state index in [2.05, 4.69) is 4.98 Å². The van der Waals surface area contributed by atoms with Gasteiger partial charge in [0, 0.05) is 25.6 Å². The molecule has 2 rings (SSSR count). The Kier molecular flexibility index (Phi) is 3.05. The van der Waals surface area contributed by atoms with E-state index in [0.717, 1.165) is 6.42 Å². The number of nitrogen functional groups attached to an aromatic ring is 1. The van der Waals surface area contributed by atoms with Gasteiger partial charge in [0.05, 0.1) is 0 Å². The van der Waals surface area contributed by atoms with Crippen molar-refractivity contribution in [1.29, 1.82) is 0 Å². The molecule has 86 valence electrons. The number of pyridine rings is 1. The molecule has 1 fully saturated rings. The van der Waals surface area contributed by atoms with Crippen LogP contribution in [0.15, 0.2) is 18.2 Å². The van der Waals surface area contributed by atoms with Crippen LogP contribution < -0.4 is 5.73 Å². The van der Waals surface area contributed by atoms with Crippen molar-refractivity contribution in [1.82, 2.24) is 9.88 Å². The minimum atomic E-state index is -0.108. The van der Waals surface area contributed by atoms with Crippen molar-refractivity contribution in [2.24, 2.45) is 5.92 Å². The summed E-state index contributed by atoms with van der Waals surface area (Å²) in [5, 5.41) is 9.01. The van der Waals surface area contributed by atoms with E-state index in [1.165, 1.54) is 0 Å². The van der Waals surface area contributed by atoms with Gasteiger partial charge >= 0.3 is 0 Å². The molecule has 0 spiro atoms. The molecule has 5 heteroatoms. The average Bonchev–Trinajstić information content (AvgIpc) is 2.76. The van der Waals surface area contributed by atoms with Crippen LogP contribution in [-0.2, 0) is 0 Å². The van der Waals surface area contributed by atoms with Crippen LogP contribution in [0.5, 0.6) is 0 Å². The maximum absolute atomic E-state index is 12.0. The van der Waals surface area contributed by atoms with Gasteiger partial charge in [0.2, 0.25) is 0 Å². The third kappa shape index (κ3) is 2.14. The molecule has 0 bridgehead atoms. The van der Waals surface area contributed by atoms with Crippen LogP contribution in [-0.4, -0.2) is 40.6 Å². The van der Waals surface area contributed by atoms with Crippen molar-refractivity contribution in [3.8, 4) is 0 Å². The standard InChI is InChI=1S/C11H15N3O2/c12-10-3-1-2-9(13-10)11(16)14-5-4-8(6-14)7-15/h1-3,8,15H,4-7H2,(H2,12,13). The van der Waals surface area contributed by atoms with E-state index in [-0.39, 0.29) is 18.4 Å². The molecule has 1 saturated heterocycles. The third-order valence-electron chi connectivity index (χ3n) is 2.82. The molecule has 1 atom stereocenters. The van der Waals surface area contributed by atoms with Gasteiger partial charge in [-0.05, 0) is 18.6 Å². The Morgan fingerprint density at radius 1 is 1.62 bits per heavy atom. The van der Waals surface area contributed by atoms with Crippen LogP contribution in [0.4, 0.5) is 5.82 Å². The van der Waals surface area contributed by atoms with Gasteiger partial charge in [-0.25, -0.2) is 4.98 Å². The van der Waals surface area contributed by atoms with Gasteiger partial charge in [0.25, 0.3) is 5.91 Å². The maximum Gasteiger partial charge on any atom is 0.272 e. The minimum Gasteiger partial charge on any atom is -0.396 e. The first-order valence-electron chi connectivity index (χ1n) is 5.33. The number of hydrogen-bond acceptors (Lipinski definition) is 4.